The topological polar surface area (TPSA) is 57.2 Å². The average Bonchev–Trinajstić information content (AvgIpc) is 2.41. The Balaban J connectivity index is 2.15. The van der Waals surface area contributed by atoms with E-state index in [4.69, 9.17) is 0 Å². The molecule has 1 heterocycles. The van der Waals surface area contributed by atoms with E-state index < -0.39 is 11.7 Å². The molecular weight excluding hydrogens is 283 g/mol. The normalized spacial score (nSPS) is 22.9. The molecular formula is C14H20F3N3O. The number of aliphatic hydroxyl groups excluding tert-OH is 1. The van der Waals surface area contributed by atoms with E-state index in [1.54, 1.807) is 6.92 Å². The lowest BCUT2D eigenvalue weighted by atomic mass is 9.93. The summed E-state index contributed by atoms with van der Waals surface area (Å²) in [6.07, 6.45) is -1.90. The highest BCUT2D eigenvalue weighted by atomic mass is 19.4. The van der Waals surface area contributed by atoms with Crippen molar-refractivity contribution < 1.29 is 18.3 Å². The van der Waals surface area contributed by atoms with Crippen molar-refractivity contribution in [2.45, 2.75) is 50.9 Å². The van der Waals surface area contributed by atoms with Crippen LogP contribution in [0.3, 0.4) is 0 Å². The zero-order valence-corrected chi connectivity index (χ0v) is 11.9. The van der Waals surface area contributed by atoms with Crippen LogP contribution >= 0.6 is 0 Å². The highest BCUT2D eigenvalue weighted by Crippen LogP contribution is 2.32. The van der Waals surface area contributed by atoms with Gasteiger partial charge in [0.15, 0.2) is 0 Å². The van der Waals surface area contributed by atoms with Gasteiger partial charge in [-0.2, -0.15) is 13.2 Å². The highest BCUT2D eigenvalue weighted by Gasteiger charge is 2.32. The maximum atomic E-state index is 12.9. The smallest absolute Gasteiger partial charge is 0.393 e. The zero-order chi connectivity index (χ0) is 15.5. The van der Waals surface area contributed by atoms with Crippen LogP contribution in [0.4, 0.5) is 24.8 Å². The number of pyridine rings is 1. The second-order valence-electron chi connectivity index (χ2n) is 5.30. The maximum Gasteiger partial charge on any atom is 0.416 e. The van der Waals surface area contributed by atoms with Gasteiger partial charge in [0, 0.05) is 12.6 Å². The van der Waals surface area contributed by atoms with Crippen LogP contribution < -0.4 is 10.6 Å². The van der Waals surface area contributed by atoms with Crippen LogP contribution in [-0.4, -0.2) is 28.8 Å². The molecule has 1 fully saturated rings. The summed E-state index contributed by atoms with van der Waals surface area (Å²) in [5, 5.41) is 15.3. The minimum Gasteiger partial charge on any atom is -0.393 e. The first kappa shape index (κ1) is 15.9. The fourth-order valence-electron chi connectivity index (χ4n) is 2.47. The highest BCUT2D eigenvalue weighted by molar-refractivity contribution is 5.50. The molecule has 0 atom stereocenters. The molecule has 0 spiro atoms. The van der Waals surface area contributed by atoms with Crippen LogP contribution in [0.2, 0.25) is 0 Å². The molecule has 118 valence electrons. The average molecular weight is 303 g/mol. The summed E-state index contributed by atoms with van der Waals surface area (Å²) in [6, 6.07) is 2.10. The molecule has 21 heavy (non-hydrogen) atoms. The van der Waals surface area contributed by atoms with E-state index in [9.17, 15) is 18.3 Å². The lowest BCUT2D eigenvalue weighted by Gasteiger charge is -2.27. The van der Waals surface area contributed by atoms with Gasteiger partial charge in [-0.25, -0.2) is 4.98 Å². The first-order chi connectivity index (χ1) is 9.88. The van der Waals surface area contributed by atoms with Crippen molar-refractivity contribution in [3.63, 3.8) is 0 Å². The van der Waals surface area contributed by atoms with Gasteiger partial charge in [0.1, 0.15) is 11.6 Å². The Morgan fingerprint density at radius 2 is 1.81 bits per heavy atom. The van der Waals surface area contributed by atoms with Gasteiger partial charge in [-0.1, -0.05) is 0 Å². The van der Waals surface area contributed by atoms with Gasteiger partial charge in [0.05, 0.1) is 11.7 Å². The van der Waals surface area contributed by atoms with Crippen LogP contribution in [-0.2, 0) is 6.18 Å². The number of halogens is 3. The minimum atomic E-state index is -4.40. The molecule has 1 aromatic rings. The summed E-state index contributed by atoms with van der Waals surface area (Å²) >= 11 is 0. The van der Waals surface area contributed by atoms with Crippen molar-refractivity contribution in [1.82, 2.24) is 4.98 Å². The van der Waals surface area contributed by atoms with Gasteiger partial charge in [-0.15, -0.1) is 0 Å². The molecule has 0 saturated heterocycles. The molecule has 3 N–H and O–H groups in total. The summed E-state index contributed by atoms with van der Waals surface area (Å²) < 4.78 is 38.7. The lowest BCUT2D eigenvalue weighted by molar-refractivity contribution is -0.137. The Bertz CT molecular complexity index is 471. The molecule has 1 aliphatic rings. The largest absolute Gasteiger partial charge is 0.416 e. The summed E-state index contributed by atoms with van der Waals surface area (Å²) in [5.74, 6) is 0.438. The molecule has 0 amide bonds. The molecule has 1 aliphatic carbocycles. The van der Waals surface area contributed by atoms with E-state index in [0.29, 0.717) is 19.4 Å². The monoisotopic (exact) mass is 303 g/mol. The van der Waals surface area contributed by atoms with Crippen LogP contribution in [0.1, 0.15) is 38.2 Å². The maximum absolute atomic E-state index is 12.9. The Kier molecular flexibility index (Phi) is 4.92. The second-order valence-corrected chi connectivity index (χ2v) is 5.30. The van der Waals surface area contributed by atoms with E-state index in [-0.39, 0.29) is 23.8 Å². The Labute approximate surface area is 121 Å². The van der Waals surface area contributed by atoms with Crippen molar-refractivity contribution in [2.24, 2.45) is 0 Å². The third-order valence-electron chi connectivity index (χ3n) is 3.56. The molecule has 1 aromatic heterocycles. The number of aromatic nitrogens is 1. The molecule has 0 bridgehead atoms. The molecule has 2 rings (SSSR count). The van der Waals surface area contributed by atoms with E-state index in [1.807, 2.05) is 0 Å². The quantitative estimate of drug-likeness (QED) is 0.799. The number of hydrogen-bond donors (Lipinski definition) is 3. The first-order valence-corrected chi connectivity index (χ1v) is 7.16. The van der Waals surface area contributed by atoms with Gasteiger partial charge in [-0.05, 0) is 44.7 Å². The van der Waals surface area contributed by atoms with Crippen molar-refractivity contribution >= 4 is 11.6 Å². The SMILES string of the molecule is CCNc1cc(C(F)(F)F)cc(NC2CCC(O)CC2)n1. The number of rotatable bonds is 4. The molecule has 0 aromatic carbocycles. The van der Waals surface area contributed by atoms with E-state index in [2.05, 4.69) is 15.6 Å². The zero-order valence-electron chi connectivity index (χ0n) is 11.9. The Morgan fingerprint density at radius 1 is 1.19 bits per heavy atom. The minimum absolute atomic E-state index is 0.0545. The predicted molar refractivity (Wildman–Crippen MR) is 75.3 cm³/mol. The van der Waals surface area contributed by atoms with Crippen LogP contribution in [0, 0.1) is 0 Å². The van der Waals surface area contributed by atoms with Crippen LogP contribution in [0.15, 0.2) is 12.1 Å². The summed E-state index contributed by atoms with van der Waals surface area (Å²) in [4.78, 5) is 4.17. The standard InChI is InChI=1S/C14H20F3N3O/c1-2-18-12-7-9(14(15,16)17)8-13(20-12)19-10-3-5-11(21)6-4-10/h7-8,10-11,21H,2-6H2,1H3,(H2,18,19,20). The number of nitrogens with zero attached hydrogens (tertiary/aromatic N) is 1. The summed E-state index contributed by atoms with van der Waals surface area (Å²) in [5.41, 5.74) is -0.716. The Morgan fingerprint density at radius 3 is 2.38 bits per heavy atom. The van der Waals surface area contributed by atoms with Crippen molar-refractivity contribution in [3.05, 3.63) is 17.7 Å². The number of anilines is 2. The van der Waals surface area contributed by atoms with Crippen molar-refractivity contribution in [1.29, 1.82) is 0 Å². The molecule has 4 nitrogen and oxygen atoms in total. The first-order valence-electron chi connectivity index (χ1n) is 7.16. The third-order valence-corrected chi connectivity index (χ3v) is 3.56. The van der Waals surface area contributed by atoms with Crippen molar-refractivity contribution in [2.75, 3.05) is 17.2 Å². The second kappa shape index (κ2) is 6.51. The molecule has 1 saturated carbocycles. The fourth-order valence-corrected chi connectivity index (χ4v) is 2.47. The number of aliphatic hydroxyl groups is 1. The lowest BCUT2D eigenvalue weighted by Crippen LogP contribution is -2.28. The van der Waals surface area contributed by atoms with Gasteiger partial charge in [0.25, 0.3) is 0 Å². The Hall–Kier alpha value is -1.50. The van der Waals surface area contributed by atoms with Crippen LogP contribution in [0.25, 0.3) is 0 Å². The summed E-state index contributed by atoms with van der Waals surface area (Å²) in [6.45, 7) is 2.31. The van der Waals surface area contributed by atoms with Crippen molar-refractivity contribution in [3.8, 4) is 0 Å². The molecule has 7 heteroatoms. The van der Waals surface area contributed by atoms with Gasteiger partial charge in [-0.3, -0.25) is 0 Å². The molecule has 0 radical (unpaired) electrons. The summed E-state index contributed by atoms with van der Waals surface area (Å²) in [7, 11) is 0. The number of alkyl halides is 3. The van der Waals surface area contributed by atoms with Crippen LogP contribution in [0.5, 0.6) is 0 Å². The van der Waals surface area contributed by atoms with E-state index in [1.165, 1.54) is 0 Å². The molecule has 0 unspecified atom stereocenters. The van der Waals surface area contributed by atoms with Gasteiger partial charge >= 0.3 is 6.18 Å². The van der Waals surface area contributed by atoms with Gasteiger partial charge < -0.3 is 15.7 Å². The van der Waals surface area contributed by atoms with E-state index >= 15 is 0 Å². The predicted octanol–water partition coefficient (Wildman–Crippen LogP) is 3.25. The molecule has 0 aliphatic heterocycles. The number of hydrogen-bond acceptors (Lipinski definition) is 4. The number of nitrogens with one attached hydrogen (secondary N) is 2. The van der Waals surface area contributed by atoms with Gasteiger partial charge in [0.2, 0.25) is 0 Å². The fraction of sp³-hybridized carbons (Fsp3) is 0.643. The van der Waals surface area contributed by atoms with E-state index in [0.717, 1.165) is 25.0 Å². The third kappa shape index (κ3) is 4.49.